The number of rotatable bonds is 4. The molecule has 1 atom stereocenters. The van der Waals surface area contributed by atoms with Crippen molar-refractivity contribution < 1.29 is 14.3 Å². The Kier molecular flexibility index (Phi) is 5.02. The van der Waals surface area contributed by atoms with E-state index in [9.17, 15) is 9.59 Å². The van der Waals surface area contributed by atoms with E-state index in [1.807, 2.05) is 34.9 Å². The number of aromatic nitrogens is 4. The highest BCUT2D eigenvalue weighted by Crippen LogP contribution is 2.36. The van der Waals surface area contributed by atoms with Crippen LogP contribution in [0.5, 0.6) is 5.75 Å². The van der Waals surface area contributed by atoms with Gasteiger partial charge in [-0.25, -0.2) is 4.98 Å². The molecule has 1 aliphatic heterocycles. The van der Waals surface area contributed by atoms with Crippen LogP contribution in [0.1, 0.15) is 16.1 Å². The fourth-order valence-corrected chi connectivity index (χ4v) is 3.87. The second-order valence-corrected chi connectivity index (χ2v) is 7.89. The molecule has 0 bridgehead atoms. The van der Waals surface area contributed by atoms with Crippen molar-refractivity contribution in [3.05, 3.63) is 71.4 Å². The molecule has 0 fully saturated rings. The maximum Gasteiger partial charge on any atom is 0.272 e. The maximum absolute atomic E-state index is 13.0. The Bertz CT molecular complexity index is 1320. The summed E-state index contributed by atoms with van der Waals surface area (Å²) in [6, 6.07) is 12.5. The van der Waals surface area contributed by atoms with Gasteiger partial charge in [-0.1, -0.05) is 41.9 Å². The van der Waals surface area contributed by atoms with Gasteiger partial charge in [-0.05, 0) is 11.6 Å². The summed E-state index contributed by atoms with van der Waals surface area (Å²) in [6.45, 7) is 0.579. The highest BCUT2D eigenvalue weighted by Gasteiger charge is 2.32. The van der Waals surface area contributed by atoms with Gasteiger partial charge in [0.1, 0.15) is 24.1 Å². The second-order valence-electron chi connectivity index (χ2n) is 7.53. The molecule has 32 heavy (non-hydrogen) atoms. The Hall–Kier alpha value is -3.85. The van der Waals surface area contributed by atoms with E-state index in [0.29, 0.717) is 34.0 Å². The molecule has 0 radical (unpaired) electrons. The van der Waals surface area contributed by atoms with Crippen LogP contribution in [0, 0.1) is 0 Å². The zero-order valence-electron chi connectivity index (χ0n) is 17.1. The number of imidazole rings is 1. The molecule has 0 saturated carbocycles. The van der Waals surface area contributed by atoms with Crippen molar-refractivity contribution >= 4 is 40.0 Å². The van der Waals surface area contributed by atoms with Gasteiger partial charge in [-0.3, -0.25) is 14.7 Å². The minimum absolute atomic E-state index is 0.0139. The van der Waals surface area contributed by atoms with Gasteiger partial charge in [0.25, 0.3) is 11.8 Å². The van der Waals surface area contributed by atoms with Crippen LogP contribution in [0.15, 0.2) is 55.0 Å². The summed E-state index contributed by atoms with van der Waals surface area (Å²) in [4.78, 5) is 31.4. The van der Waals surface area contributed by atoms with Crippen molar-refractivity contribution in [1.82, 2.24) is 25.1 Å². The van der Waals surface area contributed by atoms with Gasteiger partial charge in [0.2, 0.25) is 0 Å². The van der Waals surface area contributed by atoms with E-state index in [1.165, 1.54) is 4.90 Å². The molecular weight excluding hydrogens is 432 g/mol. The first-order chi connectivity index (χ1) is 15.5. The Morgan fingerprint density at radius 1 is 1.31 bits per heavy atom. The minimum atomic E-state index is -0.869. The number of amides is 2. The van der Waals surface area contributed by atoms with Crippen molar-refractivity contribution in [3.63, 3.8) is 0 Å². The van der Waals surface area contributed by atoms with Crippen LogP contribution in [0.4, 0.5) is 5.69 Å². The Labute approximate surface area is 187 Å². The van der Waals surface area contributed by atoms with Crippen LogP contribution < -0.4 is 15.0 Å². The van der Waals surface area contributed by atoms with E-state index in [1.54, 1.807) is 31.7 Å². The van der Waals surface area contributed by atoms with E-state index in [2.05, 4.69) is 20.5 Å². The lowest BCUT2D eigenvalue weighted by Gasteiger charge is -2.20. The van der Waals surface area contributed by atoms with E-state index in [-0.39, 0.29) is 18.2 Å². The van der Waals surface area contributed by atoms with Crippen molar-refractivity contribution in [2.75, 3.05) is 18.6 Å². The molecule has 0 aliphatic carbocycles. The number of benzene rings is 2. The summed E-state index contributed by atoms with van der Waals surface area (Å²) in [5.74, 6) is -0.255. The number of halogens is 1. The maximum atomic E-state index is 13.0. The summed E-state index contributed by atoms with van der Waals surface area (Å²) in [6.07, 6.45) is 3.25. The number of nitrogens with one attached hydrogen (secondary N) is 2. The van der Waals surface area contributed by atoms with Gasteiger partial charge in [-0.2, -0.15) is 5.10 Å². The number of carbonyl (C=O) groups is 2. The summed E-state index contributed by atoms with van der Waals surface area (Å²) in [7, 11) is 1.63. The van der Waals surface area contributed by atoms with E-state index >= 15 is 0 Å². The SMILES string of the molecule is CN1C(=O)[C@@H](NC(=O)c2cn(Cc3ccccc3)cn2)COc2cc3[nH]nc(Cl)c3cc21. The monoisotopic (exact) mass is 450 g/mol. The summed E-state index contributed by atoms with van der Waals surface area (Å²) < 4.78 is 7.66. The lowest BCUT2D eigenvalue weighted by atomic mass is 10.2. The molecule has 1 aliphatic rings. The van der Waals surface area contributed by atoms with Crippen LogP contribution in [-0.4, -0.2) is 51.3 Å². The number of H-pyrrole nitrogens is 1. The van der Waals surface area contributed by atoms with E-state index in [4.69, 9.17) is 16.3 Å². The fraction of sp³-hybridized carbons (Fsp3) is 0.182. The van der Waals surface area contributed by atoms with Gasteiger partial charge in [0.15, 0.2) is 5.15 Å². The van der Waals surface area contributed by atoms with Gasteiger partial charge in [-0.15, -0.1) is 0 Å². The van der Waals surface area contributed by atoms with E-state index < -0.39 is 11.9 Å². The van der Waals surface area contributed by atoms with Gasteiger partial charge in [0.05, 0.1) is 17.5 Å². The first kappa shape index (κ1) is 20.1. The first-order valence-corrected chi connectivity index (χ1v) is 10.3. The number of aromatic amines is 1. The van der Waals surface area contributed by atoms with Crippen molar-refractivity contribution in [1.29, 1.82) is 0 Å². The van der Waals surface area contributed by atoms with Gasteiger partial charge < -0.3 is 19.5 Å². The number of carbonyl (C=O) groups excluding carboxylic acids is 2. The zero-order valence-corrected chi connectivity index (χ0v) is 17.8. The number of fused-ring (bicyclic) bond motifs is 2. The summed E-state index contributed by atoms with van der Waals surface area (Å²) in [5.41, 5.74) is 2.56. The van der Waals surface area contributed by atoms with E-state index in [0.717, 1.165) is 5.56 Å². The largest absolute Gasteiger partial charge is 0.489 e. The van der Waals surface area contributed by atoms with Crippen LogP contribution in [0.2, 0.25) is 5.15 Å². The number of likely N-dealkylation sites (N-methyl/N-ethyl adjacent to an activating group) is 1. The average Bonchev–Trinajstić information content (AvgIpc) is 3.39. The molecule has 2 aromatic carbocycles. The molecule has 0 spiro atoms. The van der Waals surface area contributed by atoms with Crippen molar-refractivity contribution in [2.45, 2.75) is 12.6 Å². The number of hydrogen-bond donors (Lipinski definition) is 2. The Morgan fingerprint density at radius 3 is 2.94 bits per heavy atom. The third kappa shape index (κ3) is 3.67. The predicted octanol–water partition coefficient (Wildman–Crippen LogP) is 2.61. The average molecular weight is 451 g/mol. The Balaban J connectivity index is 1.32. The number of anilines is 1. The normalized spacial score (nSPS) is 15.9. The Morgan fingerprint density at radius 2 is 2.12 bits per heavy atom. The third-order valence-electron chi connectivity index (χ3n) is 5.37. The smallest absolute Gasteiger partial charge is 0.272 e. The van der Waals surface area contributed by atoms with Crippen LogP contribution in [0.3, 0.4) is 0 Å². The van der Waals surface area contributed by atoms with Crippen LogP contribution in [0.25, 0.3) is 10.9 Å². The number of hydrogen-bond acceptors (Lipinski definition) is 5. The molecule has 162 valence electrons. The number of ether oxygens (including phenoxy) is 1. The topological polar surface area (TPSA) is 105 Å². The molecule has 2 aromatic heterocycles. The molecular formula is C22H19ClN6O3. The standard InChI is InChI=1S/C22H19ClN6O3/c1-28-18-7-14-15(26-27-20(14)23)8-19(18)32-11-17(22(28)31)25-21(30)16-10-29(12-24-16)9-13-5-3-2-4-6-13/h2-8,10,12,17H,9,11H2,1H3,(H,25,30)(H,26,27)/t17-/m0/s1. The van der Waals surface area contributed by atoms with Crippen molar-refractivity contribution in [3.8, 4) is 5.75 Å². The van der Waals surface area contributed by atoms with Gasteiger partial charge in [0, 0.05) is 31.2 Å². The molecule has 3 heterocycles. The molecule has 10 heteroatoms. The first-order valence-electron chi connectivity index (χ1n) is 9.94. The quantitative estimate of drug-likeness (QED) is 0.497. The van der Waals surface area contributed by atoms with Crippen LogP contribution >= 0.6 is 11.6 Å². The highest BCUT2D eigenvalue weighted by molar-refractivity contribution is 6.34. The molecule has 9 nitrogen and oxygen atoms in total. The molecule has 2 amide bonds. The second kappa shape index (κ2) is 8.01. The number of nitrogens with zero attached hydrogens (tertiary/aromatic N) is 4. The third-order valence-corrected chi connectivity index (χ3v) is 5.66. The fourth-order valence-electron chi connectivity index (χ4n) is 3.67. The van der Waals surface area contributed by atoms with Gasteiger partial charge >= 0.3 is 0 Å². The molecule has 4 aromatic rings. The summed E-state index contributed by atoms with van der Waals surface area (Å²) >= 11 is 6.11. The predicted molar refractivity (Wildman–Crippen MR) is 119 cm³/mol. The molecule has 0 saturated heterocycles. The van der Waals surface area contributed by atoms with Crippen molar-refractivity contribution in [2.24, 2.45) is 0 Å². The molecule has 5 rings (SSSR count). The lowest BCUT2D eigenvalue weighted by molar-refractivity contribution is -0.120. The molecule has 0 unspecified atom stereocenters. The summed E-state index contributed by atoms with van der Waals surface area (Å²) in [5, 5.41) is 10.5. The highest BCUT2D eigenvalue weighted by atomic mass is 35.5. The zero-order chi connectivity index (χ0) is 22.2. The molecule has 2 N–H and O–H groups in total. The van der Waals surface area contributed by atoms with Crippen LogP contribution in [-0.2, 0) is 11.3 Å². The lowest BCUT2D eigenvalue weighted by Crippen LogP contribution is -2.49. The minimum Gasteiger partial charge on any atom is -0.489 e.